The van der Waals surface area contributed by atoms with E-state index in [0.717, 1.165) is 5.56 Å². The van der Waals surface area contributed by atoms with Crippen LogP contribution in [0.25, 0.3) is 0 Å². The Labute approximate surface area is 166 Å². The van der Waals surface area contributed by atoms with Gasteiger partial charge in [0.1, 0.15) is 13.2 Å². The summed E-state index contributed by atoms with van der Waals surface area (Å²) in [5, 5.41) is -1.10. The van der Waals surface area contributed by atoms with E-state index in [2.05, 4.69) is 0 Å². The van der Waals surface area contributed by atoms with E-state index in [1.54, 1.807) is 39.8 Å². The topological polar surface area (TPSA) is 89.5 Å². The van der Waals surface area contributed by atoms with Crippen molar-refractivity contribution in [2.24, 2.45) is 0 Å². The molecule has 0 aromatic heterocycles. The molecule has 0 aliphatic carbocycles. The summed E-state index contributed by atoms with van der Waals surface area (Å²) in [5.74, 6) is 1.23. The Bertz CT molecular complexity index is 674. The first-order valence-corrected chi connectivity index (χ1v) is 12.8. The van der Waals surface area contributed by atoms with Crippen LogP contribution in [0, 0.1) is 0 Å². The lowest BCUT2D eigenvalue weighted by atomic mass is 10.1. The predicted molar refractivity (Wildman–Crippen MR) is 107 cm³/mol. The van der Waals surface area contributed by atoms with Crippen LogP contribution in [-0.2, 0) is 33.6 Å². The number of ether oxygens (including phenoxy) is 2. The fourth-order valence-electron chi connectivity index (χ4n) is 2.96. The molecule has 0 saturated carbocycles. The molecule has 0 amide bonds. The molecule has 8 nitrogen and oxygen atoms in total. The van der Waals surface area contributed by atoms with Crippen LogP contribution in [-0.4, -0.2) is 45.0 Å². The quantitative estimate of drug-likeness (QED) is 0.429. The van der Waals surface area contributed by atoms with Crippen LogP contribution >= 0.6 is 15.2 Å². The van der Waals surface area contributed by atoms with E-state index in [1.165, 1.54) is 0 Å². The second-order valence-corrected chi connectivity index (χ2v) is 10.8. The fraction of sp³-hybridized carbons (Fsp3) is 0.667. The van der Waals surface area contributed by atoms with E-state index in [9.17, 15) is 9.13 Å². The molecule has 160 valence electrons. The van der Waals surface area contributed by atoms with Crippen molar-refractivity contribution in [1.82, 2.24) is 0 Å². The lowest BCUT2D eigenvalue weighted by molar-refractivity contribution is 0.171. The van der Waals surface area contributed by atoms with Crippen LogP contribution in [0.5, 0.6) is 11.5 Å². The molecular weight excluding hydrogens is 406 g/mol. The number of hydrogen-bond acceptors (Lipinski definition) is 8. The van der Waals surface area contributed by atoms with Gasteiger partial charge in [0.05, 0.1) is 26.4 Å². The van der Waals surface area contributed by atoms with Gasteiger partial charge in [-0.3, -0.25) is 9.13 Å². The third-order valence-electron chi connectivity index (χ3n) is 3.99. The van der Waals surface area contributed by atoms with Gasteiger partial charge in [-0.15, -0.1) is 0 Å². The Morgan fingerprint density at radius 1 is 0.821 bits per heavy atom. The summed E-state index contributed by atoms with van der Waals surface area (Å²) >= 11 is 0. The van der Waals surface area contributed by atoms with E-state index < -0.39 is 20.6 Å². The van der Waals surface area contributed by atoms with Gasteiger partial charge in [0, 0.05) is 0 Å². The average Bonchev–Trinajstić information content (AvgIpc) is 2.66. The second kappa shape index (κ2) is 10.8. The summed E-state index contributed by atoms with van der Waals surface area (Å²) in [6.07, 6.45) is 0.116. The summed E-state index contributed by atoms with van der Waals surface area (Å²) in [6, 6.07) is 5.37. The van der Waals surface area contributed by atoms with Crippen LogP contribution in [0.3, 0.4) is 0 Å². The minimum Gasteiger partial charge on any atom is -0.486 e. The SMILES string of the molecule is CCOP(=O)(OCC)C(Cc1ccc2c(c1)OCCO2)P(=O)(OCC)OCC. The Balaban J connectivity index is 2.44. The molecule has 0 spiro atoms. The van der Waals surface area contributed by atoms with Gasteiger partial charge in [-0.25, -0.2) is 0 Å². The first kappa shape index (κ1) is 23.4. The van der Waals surface area contributed by atoms with Crippen molar-refractivity contribution >= 4 is 15.2 Å². The second-order valence-electron chi connectivity index (χ2n) is 5.91. The molecule has 0 bridgehead atoms. The zero-order valence-electron chi connectivity index (χ0n) is 16.9. The minimum atomic E-state index is -3.79. The van der Waals surface area contributed by atoms with Gasteiger partial charge in [-0.1, -0.05) is 6.07 Å². The lowest BCUT2D eigenvalue weighted by Gasteiger charge is -2.31. The standard InChI is InChI=1S/C18H30O8P2/c1-5-23-27(19,24-6-2)18(28(20,25-7-3)26-8-4)14-15-9-10-16-17(13-15)22-12-11-21-16/h9-10,13,18H,5-8,11-12,14H2,1-4H3. The third-order valence-corrected chi connectivity index (χ3v) is 9.99. The minimum absolute atomic E-state index is 0.116. The molecule has 10 heteroatoms. The van der Waals surface area contributed by atoms with Gasteiger partial charge in [0.15, 0.2) is 16.9 Å². The van der Waals surface area contributed by atoms with E-state index in [-0.39, 0.29) is 32.8 Å². The van der Waals surface area contributed by atoms with Crippen LogP contribution in [0.1, 0.15) is 33.3 Å². The van der Waals surface area contributed by atoms with Crippen molar-refractivity contribution in [3.8, 4) is 11.5 Å². The average molecular weight is 436 g/mol. The summed E-state index contributed by atoms with van der Waals surface area (Å²) in [4.78, 5) is 0. The predicted octanol–water partition coefficient (Wildman–Crippen LogP) is 4.86. The molecule has 0 atom stereocenters. The number of hydrogen-bond donors (Lipinski definition) is 0. The molecule has 1 aromatic carbocycles. The molecule has 0 N–H and O–H groups in total. The van der Waals surface area contributed by atoms with E-state index in [4.69, 9.17) is 27.6 Å². The van der Waals surface area contributed by atoms with E-state index in [1.807, 2.05) is 6.07 Å². The monoisotopic (exact) mass is 436 g/mol. The molecule has 1 aliphatic heterocycles. The molecule has 0 unspecified atom stereocenters. The fourth-order valence-corrected chi connectivity index (χ4v) is 8.29. The number of fused-ring (bicyclic) bond motifs is 1. The molecule has 1 aliphatic rings. The van der Waals surface area contributed by atoms with Gasteiger partial charge >= 0.3 is 15.2 Å². The molecule has 0 fully saturated rings. The highest BCUT2D eigenvalue weighted by Crippen LogP contribution is 2.71. The van der Waals surface area contributed by atoms with Crippen LogP contribution in [0.2, 0.25) is 0 Å². The van der Waals surface area contributed by atoms with Crippen molar-refractivity contribution in [3.63, 3.8) is 0 Å². The lowest BCUT2D eigenvalue weighted by Crippen LogP contribution is -2.21. The van der Waals surface area contributed by atoms with Gasteiger partial charge in [0.2, 0.25) is 0 Å². The van der Waals surface area contributed by atoms with Gasteiger partial charge < -0.3 is 27.6 Å². The van der Waals surface area contributed by atoms with Crippen molar-refractivity contribution in [1.29, 1.82) is 0 Å². The highest BCUT2D eigenvalue weighted by Gasteiger charge is 2.50. The van der Waals surface area contributed by atoms with Crippen LogP contribution in [0.15, 0.2) is 18.2 Å². The zero-order valence-corrected chi connectivity index (χ0v) is 18.7. The molecule has 0 saturated heterocycles. The first-order valence-electron chi connectivity index (χ1n) is 9.58. The molecular formula is C18H30O8P2. The number of benzene rings is 1. The number of rotatable bonds is 12. The van der Waals surface area contributed by atoms with E-state index >= 15 is 0 Å². The maximum Gasteiger partial charge on any atom is 0.346 e. The molecule has 1 heterocycles. The van der Waals surface area contributed by atoms with Gasteiger partial charge in [0.25, 0.3) is 0 Å². The summed E-state index contributed by atoms with van der Waals surface area (Å²) in [6.45, 7) is 8.35. The molecule has 0 radical (unpaired) electrons. The van der Waals surface area contributed by atoms with Crippen molar-refractivity contribution < 1.29 is 36.7 Å². The van der Waals surface area contributed by atoms with Crippen molar-refractivity contribution in [2.45, 2.75) is 39.5 Å². The Morgan fingerprint density at radius 2 is 1.29 bits per heavy atom. The highest BCUT2D eigenvalue weighted by atomic mass is 31.2. The maximum atomic E-state index is 13.6. The smallest absolute Gasteiger partial charge is 0.346 e. The Kier molecular flexibility index (Phi) is 9.00. The zero-order chi connectivity index (χ0) is 20.6. The normalized spacial score (nSPS) is 14.5. The maximum absolute atomic E-state index is 13.6. The molecule has 28 heavy (non-hydrogen) atoms. The van der Waals surface area contributed by atoms with Crippen molar-refractivity contribution in [2.75, 3.05) is 39.6 Å². The van der Waals surface area contributed by atoms with E-state index in [0.29, 0.717) is 24.7 Å². The summed E-state index contributed by atoms with van der Waals surface area (Å²) < 4.78 is 60.3. The molecule has 2 rings (SSSR count). The van der Waals surface area contributed by atoms with Crippen LogP contribution in [0.4, 0.5) is 0 Å². The first-order chi connectivity index (χ1) is 13.4. The van der Waals surface area contributed by atoms with Gasteiger partial charge in [-0.2, -0.15) is 0 Å². The van der Waals surface area contributed by atoms with Gasteiger partial charge in [-0.05, 0) is 51.8 Å². The summed E-state index contributed by atoms with van der Waals surface area (Å²) in [5.41, 5.74) is 0.744. The largest absolute Gasteiger partial charge is 0.486 e. The molecule has 1 aromatic rings. The summed E-state index contributed by atoms with van der Waals surface area (Å²) in [7, 11) is -7.58. The third kappa shape index (κ3) is 5.59. The Hall–Kier alpha value is -0.880. The highest BCUT2D eigenvalue weighted by molar-refractivity contribution is 7.72. The Morgan fingerprint density at radius 3 is 1.75 bits per heavy atom. The van der Waals surface area contributed by atoms with Crippen LogP contribution < -0.4 is 9.47 Å². The van der Waals surface area contributed by atoms with Crippen molar-refractivity contribution in [3.05, 3.63) is 23.8 Å².